The summed E-state index contributed by atoms with van der Waals surface area (Å²) in [5, 5.41) is 17.0. The topological polar surface area (TPSA) is 98.5 Å². The normalized spacial score (nSPS) is 19.9. The molecule has 1 aliphatic heterocycles. The van der Waals surface area contributed by atoms with Crippen LogP contribution in [0, 0.1) is 11.7 Å². The van der Waals surface area contributed by atoms with Gasteiger partial charge in [0.25, 0.3) is 0 Å². The molecule has 6 rings (SSSR count). The Morgan fingerprint density at radius 2 is 2.03 bits per heavy atom. The molecule has 0 bridgehead atoms. The summed E-state index contributed by atoms with van der Waals surface area (Å²) >= 11 is 0. The average molecular weight is 429 g/mol. The van der Waals surface area contributed by atoms with Crippen LogP contribution in [0.15, 0.2) is 42.6 Å². The van der Waals surface area contributed by atoms with Crippen molar-refractivity contribution in [3.63, 3.8) is 0 Å². The number of carbonyl (C=O) groups excluding carboxylic acids is 1. The molecular formula is C23H20FN7O. The summed E-state index contributed by atoms with van der Waals surface area (Å²) in [5.41, 5.74) is 1.47. The molecule has 3 aromatic heterocycles. The van der Waals surface area contributed by atoms with Gasteiger partial charge in [-0.05, 0) is 37.5 Å². The summed E-state index contributed by atoms with van der Waals surface area (Å²) < 4.78 is 15.9. The van der Waals surface area contributed by atoms with Gasteiger partial charge in [-0.25, -0.2) is 19.0 Å². The van der Waals surface area contributed by atoms with E-state index < -0.39 is 5.41 Å². The van der Waals surface area contributed by atoms with Gasteiger partial charge in [0.15, 0.2) is 11.5 Å². The van der Waals surface area contributed by atoms with Crippen LogP contribution in [0.4, 0.5) is 10.2 Å². The Kier molecular flexibility index (Phi) is 4.08. The van der Waals surface area contributed by atoms with Crippen molar-refractivity contribution in [2.45, 2.75) is 38.1 Å². The van der Waals surface area contributed by atoms with Gasteiger partial charge in [-0.1, -0.05) is 31.0 Å². The fourth-order valence-corrected chi connectivity index (χ4v) is 4.40. The number of aromatic nitrogens is 6. The number of halogens is 1. The van der Waals surface area contributed by atoms with E-state index in [0.29, 0.717) is 40.2 Å². The third-order valence-corrected chi connectivity index (χ3v) is 6.33. The van der Waals surface area contributed by atoms with Crippen LogP contribution in [0.3, 0.4) is 0 Å². The molecule has 1 saturated carbocycles. The number of rotatable bonds is 5. The van der Waals surface area contributed by atoms with Crippen molar-refractivity contribution in [3.8, 4) is 11.5 Å². The van der Waals surface area contributed by atoms with Gasteiger partial charge in [0, 0.05) is 11.8 Å². The number of pyridine rings is 1. The highest BCUT2D eigenvalue weighted by Crippen LogP contribution is 2.46. The number of carbonyl (C=O) groups is 1. The molecule has 1 aliphatic carbocycles. The molecule has 32 heavy (non-hydrogen) atoms. The van der Waals surface area contributed by atoms with E-state index in [4.69, 9.17) is 0 Å². The van der Waals surface area contributed by atoms with E-state index in [9.17, 15) is 9.18 Å². The molecule has 4 aromatic rings. The zero-order valence-electron chi connectivity index (χ0n) is 17.4. The summed E-state index contributed by atoms with van der Waals surface area (Å²) in [6.07, 6.45) is 4.72. The van der Waals surface area contributed by atoms with Crippen molar-refractivity contribution >= 4 is 22.8 Å². The van der Waals surface area contributed by atoms with E-state index in [1.165, 1.54) is 6.07 Å². The van der Waals surface area contributed by atoms with Crippen molar-refractivity contribution in [2.75, 3.05) is 5.32 Å². The second-order valence-corrected chi connectivity index (χ2v) is 8.74. The van der Waals surface area contributed by atoms with E-state index in [0.717, 1.165) is 24.6 Å². The average Bonchev–Trinajstić information content (AvgIpc) is 3.48. The first-order valence-corrected chi connectivity index (χ1v) is 10.6. The number of amides is 1. The van der Waals surface area contributed by atoms with Gasteiger partial charge in [-0.15, -0.1) is 10.2 Å². The molecule has 1 aromatic carbocycles. The number of hydrogen-bond donors (Lipinski definition) is 1. The molecule has 0 saturated heterocycles. The smallest absolute Gasteiger partial charge is 0.237 e. The van der Waals surface area contributed by atoms with Gasteiger partial charge < -0.3 is 5.32 Å². The fraction of sp³-hybridized carbons (Fsp3) is 0.304. The molecule has 1 fully saturated rings. The quantitative estimate of drug-likeness (QED) is 0.522. The second kappa shape index (κ2) is 6.88. The van der Waals surface area contributed by atoms with Gasteiger partial charge in [0.1, 0.15) is 17.2 Å². The maximum Gasteiger partial charge on any atom is 0.237 e. The lowest BCUT2D eigenvalue weighted by molar-refractivity contribution is -0.120. The molecule has 1 unspecified atom stereocenters. The highest BCUT2D eigenvalue weighted by molar-refractivity contribution is 6.04. The van der Waals surface area contributed by atoms with Crippen LogP contribution in [-0.4, -0.2) is 35.9 Å². The number of nitrogens with zero attached hydrogens (tertiary/aromatic N) is 6. The maximum absolute atomic E-state index is 14.2. The van der Waals surface area contributed by atoms with Crippen LogP contribution < -0.4 is 5.32 Å². The van der Waals surface area contributed by atoms with Gasteiger partial charge in [0.2, 0.25) is 11.7 Å². The summed E-state index contributed by atoms with van der Waals surface area (Å²) in [6, 6.07) is 10.2. The predicted octanol–water partition coefficient (Wildman–Crippen LogP) is 3.48. The van der Waals surface area contributed by atoms with Crippen LogP contribution in [0.1, 0.15) is 37.4 Å². The van der Waals surface area contributed by atoms with Gasteiger partial charge in [0.05, 0.1) is 17.3 Å². The molecule has 0 spiro atoms. The minimum atomic E-state index is -0.706. The first kappa shape index (κ1) is 19.0. The fourth-order valence-electron chi connectivity index (χ4n) is 4.40. The van der Waals surface area contributed by atoms with Gasteiger partial charge >= 0.3 is 0 Å². The zero-order valence-corrected chi connectivity index (χ0v) is 17.4. The Balaban J connectivity index is 1.42. The number of fused-ring (bicyclic) bond motifs is 2. The molecule has 9 heteroatoms. The highest BCUT2D eigenvalue weighted by atomic mass is 19.1. The first-order chi connectivity index (χ1) is 15.5. The molecule has 8 nitrogen and oxygen atoms in total. The van der Waals surface area contributed by atoms with Gasteiger partial charge in [-0.3, -0.25) is 4.79 Å². The van der Waals surface area contributed by atoms with Crippen molar-refractivity contribution in [3.05, 3.63) is 59.7 Å². The third kappa shape index (κ3) is 2.96. The Bertz CT molecular complexity index is 1380. The third-order valence-electron chi connectivity index (χ3n) is 6.33. The number of benzene rings is 1. The lowest BCUT2D eigenvalue weighted by Gasteiger charge is -2.19. The lowest BCUT2D eigenvalue weighted by atomic mass is 9.82. The monoisotopic (exact) mass is 429 g/mol. The van der Waals surface area contributed by atoms with Crippen LogP contribution in [-0.2, 0) is 16.8 Å². The Morgan fingerprint density at radius 1 is 1.19 bits per heavy atom. The molecule has 2 aliphatic rings. The summed E-state index contributed by atoms with van der Waals surface area (Å²) in [7, 11) is 0. The number of nitrogens with one attached hydrogen (secondary N) is 1. The van der Waals surface area contributed by atoms with Crippen LogP contribution >= 0.6 is 0 Å². The summed E-state index contributed by atoms with van der Waals surface area (Å²) in [6.45, 7) is 2.12. The van der Waals surface area contributed by atoms with Crippen molar-refractivity contribution in [1.29, 1.82) is 0 Å². The summed E-state index contributed by atoms with van der Waals surface area (Å²) in [5.74, 6) is 0.896. The largest absolute Gasteiger partial charge is 0.308 e. The van der Waals surface area contributed by atoms with Crippen LogP contribution in [0.25, 0.3) is 22.6 Å². The molecule has 1 amide bonds. The predicted molar refractivity (Wildman–Crippen MR) is 115 cm³/mol. The van der Waals surface area contributed by atoms with E-state index in [1.807, 2.05) is 13.0 Å². The maximum atomic E-state index is 14.2. The number of hydrogen-bond acceptors (Lipinski definition) is 6. The molecule has 4 heterocycles. The Morgan fingerprint density at radius 3 is 2.84 bits per heavy atom. The van der Waals surface area contributed by atoms with Crippen molar-refractivity contribution < 1.29 is 9.18 Å². The second-order valence-electron chi connectivity index (χ2n) is 8.74. The molecule has 1 N–H and O–H groups in total. The Labute approximate surface area is 182 Å². The zero-order chi connectivity index (χ0) is 21.9. The van der Waals surface area contributed by atoms with Crippen molar-refractivity contribution in [1.82, 2.24) is 29.9 Å². The summed E-state index contributed by atoms with van der Waals surface area (Å²) in [4.78, 5) is 21.8. The highest BCUT2D eigenvalue weighted by Gasteiger charge is 2.48. The first-order valence-electron chi connectivity index (χ1n) is 10.6. The SMILES string of the molecule is CC1(CC2CC2)C(=O)Nc2nc(-c3nn(Cc4ccccc4F)c4ncccc34)nnc21. The van der Waals surface area contributed by atoms with E-state index in [-0.39, 0.29) is 18.3 Å². The van der Waals surface area contributed by atoms with E-state index in [1.54, 1.807) is 35.1 Å². The van der Waals surface area contributed by atoms with E-state index >= 15 is 0 Å². The minimum absolute atomic E-state index is 0.0880. The molecular weight excluding hydrogens is 409 g/mol. The molecule has 0 radical (unpaired) electrons. The molecule has 160 valence electrons. The van der Waals surface area contributed by atoms with E-state index in [2.05, 4.69) is 30.6 Å². The van der Waals surface area contributed by atoms with Crippen LogP contribution in [0.5, 0.6) is 0 Å². The lowest BCUT2D eigenvalue weighted by Crippen LogP contribution is -2.32. The number of anilines is 1. The standard InChI is InChI=1S/C23H20FN7O/c1-23(11-13-8-9-13)18-20(27-22(23)32)26-19(29-28-18)17-15-6-4-10-25-21(15)31(30-17)12-14-5-2-3-7-16(14)24/h2-7,10,13H,8-9,11-12H2,1H3,(H,26,27,29,32). The van der Waals surface area contributed by atoms with Gasteiger partial charge in [-0.2, -0.15) is 5.10 Å². The molecule has 1 atom stereocenters. The Hall–Kier alpha value is -3.75. The minimum Gasteiger partial charge on any atom is -0.308 e. The van der Waals surface area contributed by atoms with Crippen LogP contribution in [0.2, 0.25) is 0 Å². The van der Waals surface area contributed by atoms with Crippen molar-refractivity contribution in [2.24, 2.45) is 5.92 Å².